The Hall–Kier alpha value is -3.66. The maximum Gasteiger partial charge on any atom is 0.341 e. The number of urea groups is 1. The summed E-state index contributed by atoms with van der Waals surface area (Å²) in [6, 6.07) is 11.2. The predicted molar refractivity (Wildman–Crippen MR) is 115 cm³/mol. The van der Waals surface area contributed by atoms with Crippen LogP contribution in [0.1, 0.15) is 11.1 Å². The number of amides is 4. The molecular formula is C21H18BrN3O6. The predicted octanol–water partition coefficient (Wildman–Crippen LogP) is 2.75. The van der Waals surface area contributed by atoms with Gasteiger partial charge in [0.25, 0.3) is 5.91 Å². The minimum atomic E-state index is -1.11. The van der Waals surface area contributed by atoms with E-state index in [1.807, 2.05) is 19.1 Å². The van der Waals surface area contributed by atoms with E-state index in [1.165, 1.54) is 12.1 Å². The highest BCUT2D eigenvalue weighted by atomic mass is 79.9. The van der Waals surface area contributed by atoms with Crippen LogP contribution in [0.15, 0.2) is 52.6 Å². The fourth-order valence-electron chi connectivity index (χ4n) is 2.73. The van der Waals surface area contributed by atoms with Crippen molar-refractivity contribution in [2.24, 2.45) is 0 Å². The largest absolute Gasteiger partial charge is 0.481 e. The lowest BCUT2D eigenvalue weighted by Gasteiger charge is -2.12. The number of anilines is 1. The average Bonchev–Trinajstić information content (AvgIpc) is 2.96. The highest BCUT2D eigenvalue weighted by Gasteiger charge is 2.34. The third kappa shape index (κ3) is 5.70. The van der Waals surface area contributed by atoms with E-state index in [-0.39, 0.29) is 5.70 Å². The quantitative estimate of drug-likeness (QED) is 0.407. The first-order valence-corrected chi connectivity index (χ1v) is 9.87. The Morgan fingerprint density at radius 2 is 1.90 bits per heavy atom. The van der Waals surface area contributed by atoms with E-state index in [1.54, 1.807) is 24.3 Å². The molecule has 160 valence electrons. The van der Waals surface area contributed by atoms with Crippen molar-refractivity contribution in [1.82, 2.24) is 10.2 Å². The number of hydrogen-bond acceptors (Lipinski definition) is 5. The summed E-state index contributed by atoms with van der Waals surface area (Å²) in [5, 5.41) is 13.8. The van der Waals surface area contributed by atoms with Crippen molar-refractivity contribution in [2.45, 2.75) is 6.92 Å². The lowest BCUT2D eigenvalue weighted by molar-refractivity contribution is -0.139. The van der Waals surface area contributed by atoms with Crippen molar-refractivity contribution in [3.63, 3.8) is 0 Å². The minimum absolute atomic E-state index is 0.0132. The van der Waals surface area contributed by atoms with E-state index in [0.29, 0.717) is 21.5 Å². The van der Waals surface area contributed by atoms with Gasteiger partial charge in [0.15, 0.2) is 6.61 Å². The first-order chi connectivity index (χ1) is 14.7. The maximum absolute atomic E-state index is 12.6. The maximum atomic E-state index is 12.6. The zero-order valence-electron chi connectivity index (χ0n) is 16.3. The molecule has 1 fully saturated rings. The second-order valence-electron chi connectivity index (χ2n) is 6.67. The van der Waals surface area contributed by atoms with Gasteiger partial charge in [0, 0.05) is 5.69 Å². The van der Waals surface area contributed by atoms with Crippen LogP contribution in [0, 0.1) is 6.92 Å². The van der Waals surface area contributed by atoms with Crippen molar-refractivity contribution in [3.8, 4) is 5.75 Å². The number of halogens is 1. The molecule has 0 spiro atoms. The number of nitrogens with zero attached hydrogens (tertiary/aromatic N) is 1. The summed E-state index contributed by atoms with van der Waals surface area (Å²) in [4.78, 5) is 48.4. The number of carbonyl (C=O) groups excluding carboxylic acids is 3. The molecule has 3 rings (SSSR count). The zero-order valence-corrected chi connectivity index (χ0v) is 17.9. The van der Waals surface area contributed by atoms with Crippen molar-refractivity contribution in [2.75, 3.05) is 18.5 Å². The Balaban J connectivity index is 1.67. The first-order valence-electron chi connectivity index (χ1n) is 9.08. The van der Waals surface area contributed by atoms with Crippen LogP contribution in [0.3, 0.4) is 0 Å². The monoisotopic (exact) mass is 487 g/mol. The standard InChI is InChI=1S/C21H18BrN3O6/c1-12-2-5-14(6-3-12)23-18(26)10-25-20(29)16(24-21(25)30)9-13-4-7-17(15(22)8-13)31-11-19(27)28/h2-9H,10-11H2,1H3,(H,23,26)(H,24,30)(H,27,28). The Kier molecular flexibility index (Phi) is 6.71. The highest BCUT2D eigenvalue weighted by Crippen LogP contribution is 2.27. The van der Waals surface area contributed by atoms with E-state index < -0.39 is 37.0 Å². The number of aryl methyl sites for hydroxylation is 1. The van der Waals surface area contributed by atoms with Gasteiger partial charge in [-0.1, -0.05) is 23.8 Å². The van der Waals surface area contributed by atoms with Crippen molar-refractivity contribution < 1.29 is 29.0 Å². The molecule has 0 atom stereocenters. The number of aliphatic carboxylic acids is 1. The van der Waals surface area contributed by atoms with Gasteiger partial charge in [0.05, 0.1) is 4.47 Å². The van der Waals surface area contributed by atoms with Crippen LogP contribution in [0.2, 0.25) is 0 Å². The van der Waals surface area contributed by atoms with E-state index in [9.17, 15) is 19.2 Å². The van der Waals surface area contributed by atoms with Gasteiger partial charge in [-0.25, -0.2) is 14.5 Å². The number of rotatable bonds is 7. The number of ether oxygens (including phenoxy) is 1. The molecule has 4 amide bonds. The Morgan fingerprint density at radius 1 is 1.19 bits per heavy atom. The smallest absolute Gasteiger partial charge is 0.341 e. The molecule has 10 heteroatoms. The molecule has 31 heavy (non-hydrogen) atoms. The van der Waals surface area contributed by atoms with Crippen LogP contribution < -0.4 is 15.4 Å². The summed E-state index contributed by atoms with van der Waals surface area (Å²) >= 11 is 3.27. The lowest BCUT2D eigenvalue weighted by atomic mass is 10.2. The number of carbonyl (C=O) groups is 4. The van der Waals surface area contributed by atoms with Gasteiger partial charge in [-0.05, 0) is 58.8 Å². The number of hydrogen-bond donors (Lipinski definition) is 3. The minimum Gasteiger partial charge on any atom is -0.481 e. The van der Waals surface area contributed by atoms with Crippen LogP contribution in [0.5, 0.6) is 5.75 Å². The number of imide groups is 1. The van der Waals surface area contributed by atoms with E-state index in [0.717, 1.165) is 10.5 Å². The van der Waals surface area contributed by atoms with Gasteiger partial charge in [-0.15, -0.1) is 0 Å². The summed E-state index contributed by atoms with van der Waals surface area (Å²) in [7, 11) is 0. The number of benzene rings is 2. The molecule has 0 aliphatic carbocycles. The topological polar surface area (TPSA) is 125 Å². The molecule has 0 unspecified atom stereocenters. The number of carboxylic acids is 1. The van der Waals surface area contributed by atoms with Crippen LogP contribution in [0.4, 0.5) is 10.5 Å². The zero-order chi connectivity index (χ0) is 22.5. The van der Waals surface area contributed by atoms with Crippen LogP contribution in [0.25, 0.3) is 6.08 Å². The van der Waals surface area contributed by atoms with Crippen molar-refractivity contribution in [1.29, 1.82) is 0 Å². The summed E-state index contributed by atoms with van der Waals surface area (Å²) in [6.45, 7) is 0.997. The molecule has 1 heterocycles. The molecule has 0 saturated carbocycles. The van der Waals surface area contributed by atoms with Gasteiger partial charge >= 0.3 is 12.0 Å². The van der Waals surface area contributed by atoms with Gasteiger partial charge in [0.2, 0.25) is 5.91 Å². The van der Waals surface area contributed by atoms with Crippen molar-refractivity contribution >= 4 is 51.5 Å². The molecule has 1 aliphatic heterocycles. The molecule has 0 aromatic heterocycles. The molecular weight excluding hydrogens is 470 g/mol. The first kappa shape index (κ1) is 22.0. The Bertz CT molecular complexity index is 1080. The third-order valence-corrected chi connectivity index (χ3v) is 4.84. The Morgan fingerprint density at radius 3 is 2.55 bits per heavy atom. The summed E-state index contributed by atoms with van der Waals surface area (Å²) in [6.07, 6.45) is 1.45. The van der Waals surface area contributed by atoms with Gasteiger partial charge in [-0.2, -0.15) is 0 Å². The van der Waals surface area contributed by atoms with Gasteiger partial charge < -0.3 is 20.5 Å². The second-order valence-corrected chi connectivity index (χ2v) is 7.52. The van der Waals surface area contributed by atoms with Crippen molar-refractivity contribution in [3.05, 3.63) is 63.8 Å². The highest BCUT2D eigenvalue weighted by molar-refractivity contribution is 9.10. The van der Waals surface area contributed by atoms with Crippen LogP contribution >= 0.6 is 15.9 Å². The third-order valence-electron chi connectivity index (χ3n) is 4.22. The molecule has 0 radical (unpaired) electrons. The fourth-order valence-corrected chi connectivity index (χ4v) is 3.24. The molecule has 1 aliphatic rings. The second kappa shape index (κ2) is 9.43. The molecule has 3 N–H and O–H groups in total. The van der Waals surface area contributed by atoms with E-state index in [2.05, 4.69) is 26.6 Å². The summed E-state index contributed by atoms with van der Waals surface area (Å²) < 4.78 is 5.60. The van der Waals surface area contributed by atoms with Crippen LogP contribution in [-0.2, 0) is 14.4 Å². The fraction of sp³-hybridized carbons (Fsp3) is 0.143. The van der Waals surface area contributed by atoms with E-state index >= 15 is 0 Å². The SMILES string of the molecule is Cc1ccc(NC(=O)CN2C(=O)NC(=Cc3ccc(OCC(=O)O)c(Br)c3)C2=O)cc1. The lowest BCUT2D eigenvalue weighted by Crippen LogP contribution is -2.38. The summed E-state index contributed by atoms with van der Waals surface area (Å²) in [5.74, 6) is -1.92. The molecule has 2 aromatic carbocycles. The van der Waals surface area contributed by atoms with E-state index in [4.69, 9.17) is 9.84 Å². The molecule has 1 saturated heterocycles. The average molecular weight is 488 g/mol. The molecule has 2 aromatic rings. The molecule has 9 nitrogen and oxygen atoms in total. The Labute approximate surface area is 185 Å². The number of carboxylic acid groups (broad SMARTS) is 1. The summed E-state index contributed by atoms with van der Waals surface area (Å²) in [5.41, 5.74) is 2.17. The van der Waals surface area contributed by atoms with Crippen LogP contribution in [-0.4, -0.2) is 47.0 Å². The number of nitrogens with one attached hydrogen (secondary N) is 2. The van der Waals surface area contributed by atoms with Gasteiger partial charge in [-0.3, -0.25) is 9.59 Å². The van der Waals surface area contributed by atoms with Gasteiger partial charge in [0.1, 0.15) is 18.0 Å². The molecule has 0 bridgehead atoms. The normalized spacial score (nSPS) is 14.5.